The maximum absolute atomic E-state index is 14.3. The molecule has 0 spiro atoms. The van der Waals surface area contributed by atoms with Gasteiger partial charge in [0, 0.05) is 49.6 Å². The minimum Gasteiger partial charge on any atom is -0.364 e. The Bertz CT molecular complexity index is 1040. The van der Waals surface area contributed by atoms with Gasteiger partial charge in [-0.25, -0.2) is 17.6 Å². The van der Waals surface area contributed by atoms with Crippen LogP contribution in [0.5, 0.6) is 0 Å². The van der Waals surface area contributed by atoms with Crippen molar-refractivity contribution in [3.05, 3.63) is 39.9 Å². The van der Waals surface area contributed by atoms with Crippen LogP contribution in [-0.4, -0.2) is 27.7 Å². The van der Waals surface area contributed by atoms with Crippen molar-refractivity contribution in [3.8, 4) is 0 Å². The molecule has 2 aliphatic rings. The number of nitrogens with two attached hydrogens (primary N) is 1. The highest BCUT2D eigenvalue weighted by molar-refractivity contribution is 6.03. The molecule has 2 saturated carbocycles. The predicted octanol–water partition coefficient (Wildman–Crippen LogP) is 4.76. The molecule has 3 N–H and O–H groups in total. The topological polar surface area (TPSA) is 88.8 Å². The van der Waals surface area contributed by atoms with Crippen molar-refractivity contribution in [1.29, 1.82) is 0 Å². The second-order valence-electron chi connectivity index (χ2n) is 9.04. The Labute approximate surface area is 176 Å². The number of alkyl halides is 4. The van der Waals surface area contributed by atoms with Crippen LogP contribution in [0, 0.1) is 11.8 Å². The molecule has 168 valence electrons. The number of amides is 1. The van der Waals surface area contributed by atoms with Gasteiger partial charge in [-0.2, -0.15) is 0 Å². The highest BCUT2D eigenvalue weighted by atomic mass is 19.3. The number of rotatable bonds is 4. The molecule has 0 radical (unpaired) electrons. The Morgan fingerprint density at radius 2 is 1.81 bits per heavy atom. The number of hydrogen-bond donors (Lipinski definition) is 2. The number of carbonyl (C=O) groups is 1. The van der Waals surface area contributed by atoms with E-state index in [2.05, 4.69) is 9.97 Å². The van der Waals surface area contributed by atoms with Crippen LogP contribution in [0.15, 0.2) is 23.1 Å². The number of aromatic amines is 1. The SMILES string of the molecule is NC(=O)c1nccc2[nH]c([C@@H]3CC(F)(F)CC[C@@H]3CC3CCC(F)(F)CC3)cc(=O)c12. The lowest BCUT2D eigenvalue weighted by Gasteiger charge is -2.39. The molecule has 2 aliphatic carbocycles. The van der Waals surface area contributed by atoms with E-state index in [0.29, 0.717) is 30.5 Å². The molecule has 31 heavy (non-hydrogen) atoms. The molecule has 5 nitrogen and oxygen atoms in total. The van der Waals surface area contributed by atoms with Crippen molar-refractivity contribution in [2.24, 2.45) is 17.6 Å². The van der Waals surface area contributed by atoms with E-state index in [1.165, 1.54) is 18.3 Å². The number of nitrogens with zero attached hydrogens (tertiary/aromatic N) is 1. The van der Waals surface area contributed by atoms with Gasteiger partial charge in [0.25, 0.3) is 5.91 Å². The van der Waals surface area contributed by atoms with Crippen molar-refractivity contribution in [1.82, 2.24) is 9.97 Å². The van der Waals surface area contributed by atoms with E-state index in [4.69, 9.17) is 5.73 Å². The summed E-state index contributed by atoms with van der Waals surface area (Å²) in [5, 5.41) is 0.0346. The van der Waals surface area contributed by atoms with E-state index in [1.807, 2.05) is 0 Å². The van der Waals surface area contributed by atoms with Crippen LogP contribution >= 0.6 is 0 Å². The zero-order chi connectivity index (χ0) is 22.4. The third-order valence-corrected chi connectivity index (χ3v) is 6.84. The largest absolute Gasteiger partial charge is 0.364 e. The van der Waals surface area contributed by atoms with Crippen molar-refractivity contribution in [2.45, 2.75) is 69.1 Å². The van der Waals surface area contributed by atoms with Gasteiger partial charge in [-0.15, -0.1) is 0 Å². The molecule has 2 heterocycles. The first-order valence-corrected chi connectivity index (χ1v) is 10.6. The third kappa shape index (κ3) is 4.60. The summed E-state index contributed by atoms with van der Waals surface area (Å²) >= 11 is 0. The predicted molar refractivity (Wildman–Crippen MR) is 107 cm³/mol. The highest BCUT2D eigenvalue weighted by Crippen LogP contribution is 2.49. The maximum Gasteiger partial charge on any atom is 0.268 e. The summed E-state index contributed by atoms with van der Waals surface area (Å²) in [6.07, 6.45) is 1.97. The number of fused-ring (bicyclic) bond motifs is 1. The van der Waals surface area contributed by atoms with Gasteiger partial charge in [-0.3, -0.25) is 14.6 Å². The number of carbonyl (C=O) groups excluding carboxylic acids is 1. The van der Waals surface area contributed by atoms with E-state index < -0.39 is 35.5 Å². The lowest BCUT2D eigenvalue weighted by molar-refractivity contribution is -0.0661. The van der Waals surface area contributed by atoms with Crippen molar-refractivity contribution >= 4 is 16.8 Å². The first-order valence-electron chi connectivity index (χ1n) is 10.6. The molecule has 0 aromatic carbocycles. The van der Waals surface area contributed by atoms with Gasteiger partial charge in [0.05, 0.1) is 10.9 Å². The first-order chi connectivity index (χ1) is 14.5. The van der Waals surface area contributed by atoms with Crippen molar-refractivity contribution < 1.29 is 22.4 Å². The number of halogens is 4. The standard InChI is InChI=1S/C22H25F4N3O2/c23-21(24)5-1-12(2-6-21)9-13-3-7-22(25,26)11-14(13)16-10-17(30)18-15(29-16)4-8-28-19(18)20(27)31/h4,8,10,12-14H,1-3,5-7,9,11H2,(H2,27,31)(H,29,30)/t13-,14-/m1/s1. The quantitative estimate of drug-likeness (QED) is 0.674. The molecule has 2 aromatic heterocycles. The van der Waals surface area contributed by atoms with Crippen molar-refractivity contribution in [3.63, 3.8) is 0 Å². The van der Waals surface area contributed by atoms with Crippen LogP contribution in [0.2, 0.25) is 0 Å². The van der Waals surface area contributed by atoms with Crippen LogP contribution < -0.4 is 11.2 Å². The first kappa shape index (κ1) is 21.8. The normalized spacial score (nSPS) is 26.1. The minimum atomic E-state index is -2.86. The molecule has 2 aromatic rings. The number of nitrogens with one attached hydrogen (secondary N) is 1. The van der Waals surface area contributed by atoms with E-state index in [9.17, 15) is 27.2 Å². The molecule has 2 atom stereocenters. The molecular formula is C22H25F4N3O2. The van der Waals surface area contributed by atoms with Gasteiger partial charge in [0.1, 0.15) is 5.69 Å². The van der Waals surface area contributed by atoms with Gasteiger partial charge in [-0.05, 0) is 43.6 Å². The summed E-state index contributed by atoms with van der Waals surface area (Å²) in [6.45, 7) is 0. The van der Waals surface area contributed by atoms with E-state index >= 15 is 0 Å². The van der Waals surface area contributed by atoms with Crippen LogP contribution in [0.25, 0.3) is 10.9 Å². The lowest BCUT2D eigenvalue weighted by atomic mass is 9.69. The zero-order valence-electron chi connectivity index (χ0n) is 17.0. The van der Waals surface area contributed by atoms with Gasteiger partial charge in [0.15, 0.2) is 5.43 Å². The van der Waals surface area contributed by atoms with Gasteiger partial charge in [0.2, 0.25) is 11.8 Å². The molecule has 0 unspecified atom stereocenters. The average molecular weight is 439 g/mol. The average Bonchev–Trinajstić information content (AvgIpc) is 2.70. The van der Waals surface area contributed by atoms with Crippen molar-refractivity contribution in [2.75, 3.05) is 0 Å². The summed E-state index contributed by atoms with van der Waals surface area (Å²) < 4.78 is 55.6. The Kier molecular flexibility index (Phi) is 5.55. The Balaban J connectivity index is 1.66. The van der Waals surface area contributed by atoms with E-state index in [1.54, 1.807) is 0 Å². The molecule has 2 fully saturated rings. The summed E-state index contributed by atoms with van der Waals surface area (Å²) in [4.78, 5) is 31.3. The van der Waals surface area contributed by atoms with E-state index in [0.717, 1.165) is 0 Å². The number of H-pyrrole nitrogens is 1. The fraction of sp³-hybridized carbons (Fsp3) is 0.591. The molecular weight excluding hydrogens is 414 g/mol. The molecule has 0 saturated heterocycles. The third-order valence-electron chi connectivity index (χ3n) is 6.84. The molecule has 4 rings (SSSR count). The fourth-order valence-electron chi connectivity index (χ4n) is 5.20. The van der Waals surface area contributed by atoms with E-state index in [-0.39, 0.29) is 48.6 Å². The molecule has 0 aliphatic heterocycles. The molecule has 9 heteroatoms. The number of primary amides is 1. The summed E-state index contributed by atoms with van der Waals surface area (Å²) in [6, 6.07) is 2.76. The number of hydrogen-bond acceptors (Lipinski definition) is 3. The van der Waals surface area contributed by atoms with Gasteiger partial charge >= 0.3 is 0 Å². The second kappa shape index (κ2) is 7.91. The number of aromatic nitrogens is 2. The van der Waals surface area contributed by atoms with Crippen LogP contribution in [0.3, 0.4) is 0 Å². The van der Waals surface area contributed by atoms with Crippen LogP contribution in [0.1, 0.15) is 73.5 Å². The van der Waals surface area contributed by atoms with Gasteiger partial charge < -0.3 is 10.7 Å². The zero-order valence-corrected chi connectivity index (χ0v) is 17.0. The van der Waals surface area contributed by atoms with Crippen LogP contribution in [-0.2, 0) is 0 Å². The van der Waals surface area contributed by atoms with Crippen LogP contribution in [0.4, 0.5) is 17.6 Å². The maximum atomic E-state index is 14.3. The smallest absolute Gasteiger partial charge is 0.268 e. The Morgan fingerprint density at radius 3 is 2.48 bits per heavy atom. The number of pyridine rings is 2. The minimum absolute atomic E-state index is 0.0346. The Hall–Kier alpha value is -2.45. The highest BCUT2D eigenvalue weighted by Gasteiger charge is 2.44. The summed E-state index contributed by atoms with van der Waals surface area (Å²) in [7, 11) is 0. The second-order valence-corrected chi connectivity index (χ2v) is 9.04. The van der Waals surface area contributed by atoms with Gasteiger partial charge in [-0.1, -0.05) is 0 Å². The molecule has 1 amide bonds. The summed E-state index contributed by atoms with van der Waals surface area (Å²) in [5.74, 6) is -7.01. The monoisotopic (exact) mass is 439 g/mol. The Morgan fingerprint density at radius 1 is 1.13 bits per heavy atom. The fourth-order valence-corrected chi connectivity index (χ4v) is 5.20. The summed E-state index contributed by atoms with van der Waals surface area (Å²) in [5.41, 5.74) is 5.33. The lowest BCUT2D eigenvalue weighted by Crippen LogP contribution is -2.34. The molecule has 0 bridgehead atoms.